The molecule has 18 heavy (non-hydrogen) atoms. The van der Waals surface area contributed by atoms with Gasteiger partial charge in [-0.05, 0) is 0 Å². The number of morpholine rings is 1. The molecule has 1 aliphatic heterocycles. The molecule has 0 spiro atoms. The molecule has 106 valence electrons. The quantitative estimate of drug-likeness (QED) is 0.523. The fourth-order valence-electron chi connectivity index (χ4n) is 1.66. The minimum Gasteiger partial charge on any atom is -0.378 e. The van der Waals surface area contributed by atoms with Gasteiger partial charge < -0.3 is 15.4 Å². The molecular weight excluding hydrogens is 258 g/mol. The number of hydrogen-bond donors (Lipinski definition) is 3. The van der Waals surface area contributed by atoms with Crippen molar-refractivity contribution in [2.24, 2.45) is 0 Å². The van der Waals surface area contributed by atoms with Gasteiger partial charge in [0.25, 0.3) is 0 Å². The second kappa shape index (κ2) is 7.67. The predicted octanol–water partition coefficient (Wildman–Crippen LogP) is -1.58. The van der Waals surface area contributed by atoms with E-state index in [4.69, 9.17) is 4.74 Å². The average molecular weight is 279 g/mol. The van der Waals surface area contributed by atoms with E-state index in [1.54, 1.807) is 6.92 Å². The Bertz CT molecular complexity index is 352. The van der Waals surface area contributed by atoms with Gasteiger partial charge in [0.15, 0.2) is 0 Å². The van der Waals surface area contributed by atoms with E-state index in [2.05, 4.69) is 15.4 Å². The number of sulfonamides is 1. The predicted molar refractivity (Wildman–Crippen MR) is 67.7 cm³/mol. The van der Waals surface area contributed by atoms with Gasteiger partial charge in [-0.1, -0.05) is 6.92 Å². The fourth-order valence-corrected chi connectivity index (χ4v) is 2.62. The van der Waals surface area contributed by atoms with Crippen LogP contribution in [0.4, 0.5) is 0 Å². The molecule has 0 radical (unpaired) electrons. The molecule has 0 saturated carbocycles. The molecule has 0 aromatic heterocycles. The molecule has 1 saturated heterocycles. The molecule has 7 nitrogen and oxygen atoms in total. The maximum atomic E-state index is 11.5. The summed E-state index contributed by atoms with van der Waals surface area (Å²) in [5.74, 6) is -0.258. The Morgan fingerprint density at radius 3 is 2.89 bits per heavy atom. The maximum Gasteiger partial charge on any atom is 0.221 e. The molecule has 0 aromatic rings. The van der Waals surface area contributed by atoms with Crippen LogP contribution in [0.3, 0.4) is 0 Å². The van der Waals surface area contributed by atoms with E-state index in [0.717, 1.165) is 6.54 Å². The Labute approximate surface area is 108 Å². The van der Waals surface area contributed by atoms with E-state index in [1.165, 1.54) is 0 Å². The largest absolute Gasteiger partial charge is 0.378 e. The zero-order chi connectivity index (χ0) is 13.4. The number of amides is 1. The lowest BCUT2D eigenvalue weighted by molar-refractivity contribution is -0.122. The normalized spacial score (nSPS) is 20.6. The van der Waals surface area contributed by atoms with Crippen molar-refractivity contribution in [2.75, 3.05) is 38.6 Å². The molecular formula is C10H21N3O4S. The number of hydrogen-bond acceptors (Lipinski definition) is 5. The van der Waals surface area contributed by atoms with Gasteiger partial charge in [-0.15, -0.1) is 0 Å². The van der Waals surface area contributed by atoms with Crippen molar-refractivity contribution in [3.8, 4) is 0 Å². The van der Waals surface area contributed by atoms with Crippen LogP contribution in [0.5, 0.6) is 0 Å². The molecule has 1 fully saturated rings. The summed E-state index contributed by atoms with van der Waals surface area (Å²) in [5.41, 5.74) is 0. The third-order valence-corrected chi connectivity index (χ3v) is 3.96. The van der Waals surface area contributed by atoms with E-state index in [9.17, 15) is 13.2 Å². The molecule has 1 unspecified atom stereocenters. The van der Waals surface area contributed by atoms with E-state index in [0.29, 0.717) is 26.2 Å². The second-order valence-corrected chi connectivity index (χ2v) is 6.02. The van der Waals surface area contributed by atoms with Gasteiger partial charge in [-0.25, -0.2) is 13.1 Å². The van der Waals surface area contributed by atoms with E-state index in [1.807, 2.05) is 0 Å². The maximum absolute atomic E-state index is 11.5. The van der Waals surface area contributed by atoms with Crippen LogP contribution in [0, 0.1) is 0 Å². The third-order valence-electron chi connectivity index (χ3n) is 2.49. The number of carbonyl (C=O) groups is 1. The van der Waals surface area contributed by atoms with Crippen molar-refractivity contribution >= 4 is 15.9 Å². The first-order valence-corrected chi connectivity index (χ1v) is 7.74. The summed E-state index contributed by atoms with van der Waals surface area (Å²) in [6, 6.07) is 0.0177. The van der Waals surface area contributed by atoms with Crippen molar-refractivity contribution in [2.45, 2.75) is 19.4 Å². The zero-order valence-corrected chi connectivity index (χ0v) is 11.4. The van der Waals surface area contributed by atoms with Gasteiger partial charge in [0.05, 0.1) is 19.0 Å². The van der Waals surface area contributed by atoms with Gasteiger partial charge in [0.2, 0.25) is 15.9 Å². The molecule has 1 atom stereocenters. The highest BCUT2D eigenvalue weighted by atomic mass is 32.2. The van der Waals surface area contributed by atoms with E-state index < -0.39 is 10.0 Å². The van der Waals surface area contributed by atoms with Crippen LogP contribution in [-0.4, -0.2) is 59.0 Å². The van der Waals surface area contributed by atoms with Gasteiger partial charge in [0, 0.05) is 32.1 Å². The first kappa shape index (κ1) is 15.4. The smallest absolute Gasteiger partial charge is 0.221 e. The van der Waals surface area contributed by atoms with Gasteiger partial charge in [-0.3, -0.25) is 4.79 Å². The van der Waals surface area contributed by atoms with Crippen LogP contribution in [0.1, 0.15) is 13.3 Å². The SMILES string of the molecule is CCNS(=O)(=O)CCNC(=O)CC1COCCN1. The van der Waals surface area contributed by atoms with Crippen LogP contribution in [0.2, 0.25) is 0 Å². The number of nitrogens with one attached hydrogen (secondary N) is 3. The third kappa shape index (κ3) is 6.29. The highest BCUT2D eigenvalue weighted by Gasteiger charge is 2.17. The molecule has 3 N–H and O–H groups in total. The standard InChI is InChI=1S/C10H21N3O4S/c1-2-13-18(15,16)6-4-12-10(14)7-9-8-17-5-3-11-9/h9,11,13H,2-8H2,1H3,(H,12,14). The van der Waals surface area contributed by atoms with Gasteiger partial charge >= 0.3 is 0 Å². The summed E-state index contributed by atoms with van der Waals surface area (Å²) >= 11 is 0. The molecule has 1 rings (SSSR count). The molecule has 8 heteroatoms. The second-order valence-electron chi connectivity index (χ2n) is 4.10. The van der Waals surface area contributed by atoms with Crippen LogP contribution < -0.4 is 15.4 Å². The zero-order valence-electron chi connectivity index (χ0n) is 10.6. The molecule has 1 amide bonds. The highest BCUT2D eigenvalue weighted by molar-refractivity contribution is 7.89. The summed E-state index contributed by atoms with van der Waals surface area (Å²) in [7, 11) is -3.27. The monoisotopic (exact) mass is 279 g/mol. The number of ether oxygens (including phenoxy) is 1. The minimum absolute atomic E-state index is 0.0177. The van der Waals surface area contributed by atoms with Crippen molar-refractivity contribution < 1.29 is 17.9 Å². The Balaban J connectivity index is 2.16. The lowest BCUT2D eigenvalue weighted by Crippen LogP contribution is -2.44. The van der Waals surface area contributed by atoms with Crippen LogP contribution in [-0.2, 0) is 19.6 Å². The molecule has 1 aliphatic rings. The Hall–Kier alpha value is -0.700. The molecule has 1 heterocycles. The van der Waals surface area contributed by atoms with Crippen LogP contribution in [0.25, 0.3) is 0 Å². The molecule has 0 aliphatic carbocycles. The average Bonchev–Trinajstić information content (AvgIpc) is 2.29. The van der Waals surface area contributed by atoms with E-state index in [-0.39, 0.29) is 24.2 Å². The summed E-state index contributed by atoms with van der Waals surface area (Å²) in [6.45, 7) is 4.13. The highest BCUT2D eigenvalue weighted by Crippen LogP contribution is 1.97. The van der Waals surface area contributed by atoms with Gasteiger partial charge in [-0.2, -0.15) is 0 Å². The lowest BCUT2D eigenvalue weighted by Gasteiger charge is -2.23. The Morgan fingerprint density at radius 1 is 1.50 bits per heavy atom. The van der Waals surface area contributed by atoms with Crippen molar-refractivity contribution in [1.82, 2.24) is 15.4 Å². The Kier molecular flexibility index (Phi) is 6.55. The Morgan fingerprint density at radius 2 is 2.28 bits per heavy atom. The summed E-state index contributed by atoms with van der Waals surface area (Å²) in [5, 5.41) is 5.75. The van der Waals surface area contributed by atoms with Crippen molar-refractivity contribution in [1.29, 1.82) is 0 Å². The molecule has 0 bridgehead atoms. The number of rotatable bonds is 7. The molecule has 0 aromatic carbocycles. The van der Waals surface area contributed by atoms with Crippen molar-refractivity contribution in [3.63, 3.8) is 0 Å². The fraction of sp³-hybridized carbons (Fsp3) is 0.900. The first-order chi connectivity index (χ1) is 8.53. The topological polar surface area (TPSA) is 96.5 Å². The van der Waals surface area contributed by atoms with Crippen molar-refractivity contribution in [3.05, 3.63) is 0 Å². The minimum atomic E-state index is -3.27. The summed E-state index contributed by atoms with van der Waals surface area (Å²) < 4.78 is 30.2. The first-order valence-electron chi connectivity index (χ1n) is 6.08. The van der Waals surface area contributed by atoms with Crippen LogP contribution >= 0.6 is 0 Å². The van der Waals surface area contributed by atoms with Crippen LogP contribution in [0.15, 0.2) is 0 Å². The summed E-state index contributed by atoms with van der Waals surface area (Å²) in [4.78, 5) is 11.5. The van der Waals surface area contributed by atoms with E-state index >= 15 is 0 Å². The number of carbonyl (C=O) groups excluding carboxylic acids is 1. The lowest BCUT2D eigenvalue weighted by atomic mass is 10.2. The summed E-state index contributed by atoms with van der Waals surface area (Å²) in [6.07, 6.45) is 0.307. The van der Waals surface area contributed by atoms with Gasteiger partial charge in [0.1, 0.15) is 0 Å².